The van der Waals surface area contributed by atoms with Crippen LogP contribution in [0.1, 0.15) is 5.82 Å². The standard InChI is InChI=1S/C15H10N4OS/c1-9-18-11-12-14(17-8-7-16-12)21-13(11)15(20)19(9)10-5-3-2-4-6-10/h2-8H,1H3. The number of thiophene rings is 1. The van der Waals surface area contributed by atoms with Gasteiger partial charge in [-0.25, -0.2) is 15.0 Å². The van der Waals surface area contributed by atoms with E-state index >= 15 is 0 Å². The second-order valence-electron chi connectivity index (χ2n) is 4.63. The van der Waals surface area contributed by atoms with Crippen molar-refractivity contribution in [3.8, 4) is 5.69 Å². The van der Waals surface area contributed by atoms with Gasteiger partial charge in [0.2, 0.25) is 0 Å². The maximum Gasteiger partial charge on any atom is 0.276 e. The van der Waals surface area contributed by atoms with Gasteiger partial charge in [0.05, 0.1) is 5.69 Å². The summed E-state index contributed by atoms with van der Waals surface area (Å²) in [6, 6.07) is 9.51. The first kappa shape index (κ1) is 12.2. The number of hydrogen-bond donors (Lipinski definition) is 0. The summed E-state index contributed by atoms with van der Waals surface area (Å²) in [7, 11) is 0. The number of benzene rings is 1. The Morgan fingerprint density at radius 3 is 2.62 bits per heavy atom. The molecule has 0 N–H and O–H groups in total. The van der Waals surface area contributed by atoms with Gasteiger partial charge in [-0.15, -0.1) is 11.3 Å². The van der Waals surface area contributed by atoms with Crippen molar-refractivity contribution in [3.63, 3.8) is 0 Å². The summed E-state index contributed by atoms with van der Waals surface area (Å²) in [4.78, 5) is 26.7. The summed E-state index contributed by atoms with van der Waals surface area (Å²) < 4.78 is 2.21. The lowest BCUT2D eigenvalue weighted by Crippen LogP contribution is -2.21. The molecular formula is C15H10N4OS. The predicted molar refractivity (Wildman–Crippen MR) is 83.0 cm³/mol. The fourth-order valence-corrected chi connectivity index (χ4v) is 3.38. The predicted octanol–water partition coefficient (Wildman–Crippen LogP) is 2.70. The number of nitrogens with zero attached hydrogens (tertiary/aromatic N) is 4. The van der Waals surface area contributed by atoms with Crippen molar-refractivity contribution < 1.29 is 0 Å². The minimum atomic E-state index is -0.0755. The molecule has 0 unspecified atom stereocenters. The molecule has 0 aliphatic heterocycles. The van der Waals surface area contributed by atoms with Crippen LogP contribution in [0.3, 0.4) is 0 Å². The summed E-state index contributed by atoms with van der Waals surface area (Å²) in [6.45, 7) is 1.83. The molecule has 1 aromatic carbocycles. The van der Waals surface area contributed by atoms with E-state index in [1.165, 1.54) is 11.3 Å². The third kappa shape index (κ3) is 1.76. The molecule has 3 heterocycles. The van der Waals surface area contributed by atoms with Crippen LogP contribution in [0.15, 0.2) is 47.5 Å². The Bertz CT molecular complexity index is 1020. The largest absolute Gasteiger partial charge is 0.276 e. The summed E-state index contributed by atoms with van der Waals surface area (Å²) in [5.74, 6) is 0.643. The van der Waals surface area contributed by atoms with E-state index in [0.29, 0.717) is 21.6 Å². The molecule has 4 rings (SSSR count). The van der Waals surface area contributed by atoms with Crippen molar-refractivity contribution in [2.24, 2.45) is 0 Å². The highest BCUT2D eigenvalue weighted by molar-refractivity contribution is 7.25. The smallest absolute Gasteiger partial charge is 0.267 e. The van der Waals surface area contributed by atoms with Gasteiger partial charge >= 0.3 is 0 Å². The molecule has 0 aliphatic carbocycles. The average molecular weight is 294 g/mol. The topological polar surface area (TPSA) is 60.7 Å². The Kier molecular flexibility index (Phi) is 2.58. The van der Waals surface area contributed by atoms with Gasteiger partial charge in [-0.2, -0.15) is 0 Å². The highest BCUT2D eigenvalue weighted by atomic mass is 32.1. The Hall–Kier alpha value is -2.60. The highest BCUT2D eigenvalue weighted by Crippen LogP contribution is 2.27. The van der Waals surface area contributed by atoms with E-state index in [0.717, 1.165) is 10.5 Å². The lowest BCUT2D eigenvalue weighted by atomic mass is 10.3. The number of para-hydroxylation sites is 1. The van der Waals surface area contributed by atoms with Crippen LogP contribution in [0, 0.1) is 6.92 Å². The summed E-state index contributed by atoms with van der Waals surface area (Å²) in [6.07, 6.45) is 3.24. The maximum absolute atomic E-state index is 12.8. The third-order valence-corrected chi connectivity index (χ3v) is 4.38. The summed E-state index contributed by atoms with van der Waals surface area (Å²) in [5.41, 5.74) is 2.07. The fourth-order valence-electron chi connectivity index (χ4n) is 2.41. The highest BCUT2D eigenvalue weighted by Gasteiger charge is 2.16. The molecule has 0 radical (unpaired) electrons. The average Bonchev–Trinajstić information content (AvgIpc) is 2.88. The lowest BCUT2D eigenvalue weighted by molar-refractivity contribution is 0.898. The van der Waals surface area contributed by atoms with E-state index < -0.39 is 0 Å². The molecular weight excluding hydrogens is 284 g/mol. The van der Waals surface area contributed by atoms with Crippen LogP contribution in [0.2, 0.25) is 0 Å². The molecule has 21 heavy (non-hydrogen) atoms. The first-order valence-electron chi connectivity index (χ1n) is 6.44. The first-order valence-corrected chi connectivity index (χ1v) is 7.25. The van der Waals surface area contributed by atoms with Crippen molar-refractivity contribution in [1.82, 2.24) is 19.5 Å². The van der Waals surface area contributed by atoms with Crippen LogP contribution >= 0.6 is 11.3 Å². The summed E-state index contributed by atoms with van der Waals surface area (Å²) in [5, 5.41) is 0. The normalized spacial score (nSPS) is 11.3. The van der Waals surface area contributed by atoms with E-state index in [-0.39, 0.29) is 5.56 Å². The van der Waals surface area contributed by atoms with Crippen LogP contribution in [-0.2, 0) is 0 Å². The molecule has 0 saturated heterocycles. The molecule has 0 bridgehead atoms. The number of fused-ring (bicyclic) bond motifs is 3. The summed E-state index contributed by atoms with van der Waals surface area (Å²) >= 11 is 1.34. The molecule has 0 saturated carbocycles. The van der Waals surface area contributed by atoms with Crippen molar-refractivity contribution >= 4 is 31.9 Å². The van der Waals surface area contributed by atoms with Gasteiger partial charge in [-0.05, 0) is 19.1 Å². The van der Waals surface area contributed by atoms with Gasteiger partial charge in [0, 0.05) is 12.4 Å². The Morgan fingerprint density at radius 1 is 1.05 bits per heavy atom. The SMILES string of the molecule is Cc1nc2c(sc3nccnc32)c(=O)n1-c1ccccc1. The van der Waals surface area contributed by atoms with Gasteiger partial charge in [0.25, 0.3) is 5.56 Å². The Morgan fingerprint density at radius 2 is 1.81 bits per heavy atom. The molecule has 5 nitrogen and oxygen atoms in total. The molecule has 0 fully saturated rings. The molecule has 0 aliphatic rings. The second-order valence-corrected chi connectivity index (χ2v) is 5.62. The molecule has 3 aromatic heterocycles. The van der Waals surface area contributed by atoms with Crippen LogP contribution in [0.25, 0.3) is 26.3 Å². The van der Waals surface area contributed by atoms with Gasteiger partial charge in [0.1, 0.15) is 26.4 Å². The quantitative estimate of drug-likeness (QED) is 0.541. The first-order chi connectivity index (χ1) is 10.3. The zero-order chi connectivity index (χ0) is 14.4. The molecule has 0 atom stereocenters. The van der Waals surface area contributed by atoms with Crippen LogP contribution in [0.5, 0.6) is 0 Å². The van der Waals surface area contributed by atoms with Crippen LogP contribution in [0.4, 0.5) is 0 Å². The minimum Gasteiger partial charge on any atom is -0.267 e. The number of aromatic nitrogens is 4. The van der Waals surface area contributed by atoms with Gasteiger partial charge in [-0.3, -0.25) is 9.36 Å². The Labute approximate surface area is 123 Å². The second kappa shape index (κ2) is 4.46. The van der Waals surface area contributed by atoms with Gasteiger partial charge in [0.15, 0.2) is 0 Å². The van der Waals surface area contributed by atoms with E-state index in [9.17, 15) is 4.79 Å². The third-order valence-electron chi connectivity index (χ3n) is 3.31. The van der Waals surface area contributed by atoms with Crippen molar-refractivity contribution in [1.29, 1.82) is 0 Å². The van der Waals surface area contributed by atoms with Crippen LogP contribution < -0.4 is 5.56 Å². The lowest BCUT2D eigenvalue weighted by Gasteiger charge is -2.08. The van der Waals surface area contributed by atoms with E-state index in [1.54, 1.807) is 17.0 Å². The Balaban J connectivity index is 2.16. The fraction of sp³-hybridized carbons (Fsp3) is 0.0667. The zero-order valence-electron chi connectivity index (χ0n) is 11.1. The van der Waals surface area contributed by atoms with E-state index in [4.69, 9.17) is 0 Å². The monoisotopic (exact) mass is 294 g/mol. The molecule has 0 spiro atoms. The zero-order valence-corrected chi connectivity index (χ0v) is 12.0. The minimum absolute atomic E-state index is 0.0755. The van der Waals surface area contributed by atoms with Crippen molar-refractivity contribution in [3.05, 3.63) is 58.9 Å². The number of hydrogen-bond acceptors (Lipinski definition) is 5. The van der Waals surface area contributed by atoms with Crippen molar-refractivity contribution in [2.45, 2.75) is 6.92 Å². The maximum atomic E-state index is 12.8. The molecule has 4 aromatic rings. The number of aryl methyl sites for hydroxylation is 1. The van der Waals surface area contributed by atoms with E-state index in [2.05, 4.69) is 15.0 Å². The molecule has 102 valence electrons. The molecule has 0 amide bonds. The van der Waals surface area contributed by atoms with Gasteiger partial charge < -0.3 is 0 Å². The molecule has 6 heteroatoms. The van der Waals surface area contributed by atoms with Gasteiger partial charge in [-0.1, -0.05) is 18.2 Å². The van der Waals surface area contributed by atoms with Crippen molar-refractivity contribution in [2.75, 3.05) is 0 Å². The van der Waals surface area contributed by atoms with Crippen LogP contribution in [-0.4, -0.2) is 19.5 Å². The van der Waals surface area contributed by atoms with E-state index in [1.807, 2.05) is 37.3 Å². The number of rotatable bonds is 1.